The molecule has 0 unspecified atom stereocenters. The van der Waals surface area contributed by atoms with Crippen molar-refractivity contribution >= 4 is 85.3 Å². The first-order valence-electron chi connectivity index (χ1n) is 14.0. The van der Waals surface area contributed by atoms with Gasteiger partial charge in [0, 0.05) is 25.3 Å². The summed E-state index contributed by atoms with van der Waals surface area (Å²) < 4.78 is 6.41. The highest BCUT2D eigenvalue weighted by Crippen LogP contribution is 2.44. The van der Waals surface area contributed by atoms with Gasteiger partial charge >= 0.3 is 5.97 Å². The molecule has 0 radical (unpaired) electrons. The van der Waals surface area contributed by atoms with Gasteiger partial charge in [0.15, 0.2) is 6.61 Å². The fourth-order valence-electron chi connectivity index (χ4n) is 5.67. The number of nitrogens with zero attached hydrogens (tertiary/aromatic N) is 2. The SMILES string of the molecule is O=C(CSc1ccc2ccccc2c1Br)OCC(=O)N1N=C2/C(=C\c3ccc(Cl)cc3)CCC[C@H]2[C@@H]1c1ccc(Cl)cc1. The molecular weight excluding hydrogens is 667 g/mol. The van der Waals surface area contributed by atoms with E-state index in [1.807, 2.05) is 84.9 Å². The van der Waals surface area contributed by atoms with Crippen LogP contribution in [0.3, 0.4) is 0 Å². The van der Waals surface area contributed by atoms with Gasteiger partial charge in [0.2, 0.25) is 0 Å². The second-order valence-electron chi connectivity index (χ2n) is 10.5. The molecule has 1 aliphatic carbocycles. The second kappa shape index (κ2) is 13.3. The Hall–Kier alpha value is -3.10. The topological polar surface area (TPSA) is 59.0 Å². The Morgan fingerprint density at radius 3 is 2.47 bits per heavy atom. The van der Waals surface area contributed by atoms with Crippen molar-refractivity contribution in [2.45, 2.75) is 30.2 Å². The van der Waals surface area contributed by atoms with Gasteiger partial charge in [-0.15, -0.1) is 11.8 Å². The van der Waals surface area contributed by atoms with E-state index in [2.05, 4.69) is 22.0 Å². The van der Waals surface area contributed by atoms with E-state index < -0.39 is 5.97 Å². The lowest BCUT2D eigenvalue weighted by Crippen LogP contribution is -2.34. The van der Waals surface area contributed by atoms with Crippen molar-refractivity contribution in [3.8, 4) is 0 Å². The molecule has 6 rings (SSSR count). The monoisotopic (exact) mass is 692 g/mol. The quantitative estimate of drug-likeness (QED) is 0.143. The highest BCUT2D eigenvalue weighted by molar-refractivity contribution is 9.10. The van der Waals surface area contributed by atoms with Crippen LogP contribution < -0.4 is 0 Å². The lowest BCUT2D eigenvalue weighted by atomic mass is 9.77. The molecule has 5 nitrogen and oxygen atoms in total. The van der Waals surface area contributed by atoms with Gasteiger partial charge in [-0.2, -0.15) is 5.10 Å². The highest BCUT2D eigenvalue weighted by atomic mass is 79.9. The predicted octanol–water partition coefficient (Wildman–Crippen LogP) is 9.37. The van der Waals surface area contributed by atoms with E-state index >= 15 is 0 Å². The summed E-state index contributed by atoms with van der Waals surface area (Å²) in [5.74, 6) is -0.725. The summed E-state index contributed by atoms with van der Waals surface area (Å²) in [5.41, 5.74) is 3.97. The van der Waals surface area contributed by atoms with Crippen LogP contribution in [0.15, 0.2) is 105 Å². The summed E-state index contributed by atoms with van der Waals surface area (Å²) >= 11 is 17.3. The molecule has 1 heterocycles. The third-order valence-electron chi connectivity index (χ3n) is 7.71. The van der Waals surface area contributed by atoms with E-state index in [9.17, 15) is 9.59 Å². The number of benzene rings is 4. The van der Waals surface area contributed by atoms with Crippen LogP contribution in [0.2, 0.25) is 10.0 Å². The van der Waals surface area contributed by atoms with E-state index in [0.717, 1.165) is 61.8 Å². The molecule has 0 spiro atoms. The van der Waals surface area contributed by atoms with Crippen LogP contribution >= 0.6 is 50.9 Å². The minimum atomic E-state index is -0.464. The smallest absolute Gasteiger partial charge is 0.316 e. The lowest BCUT2D eigenvalue weighted by molar-refractivity contribution is -0.151. The molecule has 2 aliphatic rings. The Bertz CT molecular complexity index is 1740. The Labute approximate surface area is 273 Å². The van der Waals surface area contributed by atoms with E-state index in [4.69, 9.17) is 33.0 Å². The molecule has 4 aromatic carbocycles. The number of thioether (sulfide) groups is 1. The van der Waals surface area contributed by atoms with Gasteiger partial charge < -0.3 is 4.74 Å². The van der Waals surface area contributed by atoms with Crippen LogP contribution in [0, 0.1) is 5.92 Å². The Kier molecular flexibility index (Phi) is 9.24. The van der Waals surface area contributed by atoms with Gasteiger partial charge in [-0.3, -0.25) is 9.59 Å². The number of ether oxygens (including phenoxy) is 1. The Morgan fingerprint density at radius 2 is 1.70 bits per heavy atom. The zero-order valence-electron chi connectivity index (χ0n) is 23.0. The van der Waals surface area contributed by atoms with Gasteiger partial charge in [0.1, 0.15) is 0 Å². The summed E-state index contributed by atoms with van der Waals surface area (Å²) in [6.45, 7) is -0.387. The standard InChI is InChI=1S/C34H27BrCl2N2O3S/c35-32-27-6-2-1-4-22(27)12-17-29(32)43-20-31(41)42-19-30(40)39-34(23-10-15-26(37)16-11-23)28-7-3-5-24(33(28)38-39)18-21-8-13-25(36)14-9-21/h1-2,4,6,8-18,28,34H,3,5,7,19-20H2/b24-18-/t28-,34+/m1/s1. The number of hydrogen-bond acceptors (Lipinski definition) is 5. The number of rotatable bonds is 7. The van der Waals surface area contributed by atoms with E-state index in [0.29, 0.717) is 10.0 Å². The number of esters is 1. The van der Waals surface area contributed by atoms with Crippen LogP contribution in [0.4, 0.5) is 0 Å². The first kappa shape index (κ1) is 29.9. The minimum absolute atomic E-state index is 0.0222. The molecule has 1 fully saturated rings. The third-order valence-corrected chi connectivity index (χ3v) is 10.4. The molecule has 1 amide bonds. The number of hydrazone groups is 1. The molecule has 0 saturated heterocycles. The molecule has 43 heavy (non-hydrogen) atoms. The molecular formula is C34H27BrCl2N2O3S. The molecule has 2 atom stereocenters. The molecule has 1 saturated carbocycles. The first-order chi connectivity index (χ1) is 20.9. The molecule has 218 valence electrons. The number of halogens is 3. The molecule has 0 aromatic heterocycles. The van der Waals surface area contributed by atoms with Gasteiger partial charge in [0.05, 0.1) is 17.5 Å². The van der Waals surface area contributed by atoms with Crippen LogP contribution in [0.5, 0.6) is 0 Å². The zero-order valence-corrected chi connectivity index (χ0v) is 26.9. The molecule has 0 N–H and O–H groups in total. The predicted molar refractivity (Wildman–Crippen MR) is 179 cm³/mol. The first-order valence-corrected chi connectivity index (χ1v) is 16.5. The average molecular weight is 694 g/mol. The fraction of sp³-hybridized carbons (Fsp3) is 0.206. The van der Waals surface area contributed by atoms with E-state index in [-0.39, 0.29) is 30.2 Å². The average Bonchev–Trinajstić information content (AvgIpc) is 3.42. The maximum Gasteiger partial charge on any atom is 0.316 e. The van der Waals surface area contributed by atoms with Crippen molar-refractivity contribution in [1.29, 1.82) is 0 Å². The highest BCUT2D eigenvalue weighted by Gasteiger charge is 2.43. The number of carbonyl (C=O) groups excluding carboxylic acids is 2. The number of fused-ring (bicyclic) bond motifs is 2. The minimum Gasteiger partial charge on any atom is -0.455 e. The van der Waals surface area contributed by atoms with Gasteiger partial charge in [-0.1, -0.05) is 77.8 Å². The fourth-order valence-corrected chi connectivity index (χ4v) is 7.52. The van der Waals surface area contributed by atoms with Gasteiger partial charge in [0.25, 0.3) is 5.91 Å². The number of allylic oxidation sites excluding steroid dienone is 1. The van der Waals surface area contributed by atoms with Crippen LogP contribution in [0.25, 0.3) is 16.8 Å². The molecule has 9 heteroatoms. The zero-order chi connectivity index (χ0) is 29.9. The normalized spacial score (nSPS) is 18.9. The maximum atomic E-state index is 13.6. The van der Waals surface area contributed by atoms with Crippen molar-refractivity contribution in [1.82, 2.24) is 5.01 Å². The van der Waals surface area contributed by atoms with E-state index in [1.165, 1.54) is 16.8 Å². The lowest BCUT2D eigenvalue weighted by Gasteiger charge is -2.29. The number of hydrogen-bond donors (Lipinski definition) is 0. The van der Waals surface area contributed by atoms with Crippen molar-refractivity contribution < 1.29 is 14.3 Å². The van der Waals surface area contributed by atoms with Crippen molar-refractivity contribution in [3.05, 3.63) is 116 Å². The van der Waals surface area contributed by atoms with Crippen LogP contribution in [-0.4, -0.2) is 35.0 Å². The summed E-state index contributed by atoms with van der Waals surface area (Å²) in [7, 11) is 0. The summed E-state index contributed by atoms with van der Waals surface area (Å²) in [6.07, 6.45) is 4.86. The van der Waals surface area contributed by atoms with Gasteiger partial charge in [-0.05, 0) is 99.1 Å². The molecule has 1 aliphatic heterocycles. The number of amides is 1. The molecule has 0 bridgehead atoms. The Morgan fingerprint density at radius 1 is 0.977 bits per heavy atom. The Balaban J connectivity index is 1.18. The van der Waals surface area contributed by atoms with Gasteiger partial charge in [-0.25, -0.2) is 5.01 Å². The van der Waals surface area contributed by atoms with Crippen LogP contribution in [0.1, 0.15) is 36.4 Å². The number of carbonyl (C=O) groups is 2. The summed E-state index contributed by atoms with van der Waals surface area (Å²) in [5, 5.41) is 9.86. The largest absolute Gasteiger partial charge is 0.455 e. The third kappa shape index (κ3) is 6.70. The van der Waals surface area contributed by atoms with Crippen molar-refractivity contribution in [3.63, 3.8) is 0 Å². The van der Waals surface area contributed by atoms with E-state index in [1.54, 1.807) is 0 Å². The summed E-state index contributed by atoms with van der Waals surface area (Å²) in [4.78, 5) is 27.3. The summed E-state index contributed by atoms with van der Waals surface area (Å²) in [6, 6.07) is 26.9. The maximum absolute atomic E-state index is 13.6. The van der Waals surface area contributed by atoms with Crippen molar-refractivity contribution in [2.75, 3.05) is 12.4 Å². The molecule has 4 aromatic rings. The van der Waals surface area contributed by atoms with Crippen LogP contribution in [-0.2, 0) is 14.3 Å². The second-order valence-corrected chi connectivity index (χ2v) is 13.2. The van der Waals surface area contributed by atoms with Crippen molar-refractivity contribution in [2.24, 2.45) is 11.0 Å².